The minimum atomic E-state index is -3.49. The van der Waals surface area contributed by atoms with E-state index in [0.717, 1.165) is 29.7 Å². The Bertz CT molecular complexity index is 1040. The van der Waals surface area contributed by atoms with Crippen LogP contribution in [0.4, 0.5) is 0 Å². The molecule has 8 heteroatoms. The Morgan fingerprint density at radius 3 is 2.55 bits per heavy atom. The van der Waals surface area contributed by atoms with E-state index in [0.29, 0.717) is 42.6 Å². The van der Waals surface area contributed by atoms with Crippen molar-refractivity contribution >= 4 is 27.3 Å². The first-order valence-electron chi connectivity index (χ1n) is 10.8. The topological polar surface area (TPSA) is 75.7 Å². The van der Waals surface area contributed by atoms with Crippen molar-refractivity contribution < 1.29 is 17.9 Å². The van der Waals surface area contributed by atoms with Crippen molar-refractivity contribution in [2.24, 2.45) is 0 Å². The van der Waals surface area contributed by atoms with Gasteiger partial charge in [0, 0.05) is 30.1 Å². The average Bonchev–Trinajstić information content (AvgIpc) is 3.32. The van der Waals surface area contributed by atoms with Crippen LogP contribution in [0.3, 0.4) is 0 Å². The summed E-state index contributed by atoms with van der Waals surface area (Å²) in [5, 5.41) is 2.99. The lowest BCUT2D eigenvalue weighted by atomic mass is 9.97. The third-order valence-electron chi connectivity index (χ3n) is 5.69. The van der Waals surface area contributed by atoms with Crippen molar-refractivity contribution in [3.63, 3.8) is 0 Å². The van der Waals surface area contributed by atoms with Gasteiger partial charge in [0.1, 0.15) is 4.21 Å². The maximum absolute atomic E-state index is 12.8. The second-order valence-electron chi connectivity index (χ2n) is 7.83. The highest BCUT2D eigenvalue weighted by atomic mass is 32.2. The number of carbonyl (C=O) groups is 1. The second-order valence-corrected chi connectivity index (χ2v) is 11.1. The Kier molecular flexibility index (Phi) is 7.22. The molecule has 0 unspecified atom stereocenters. The molecule has 2 aromatic rings. The van der Waals surface area contributed by atoms with E-state index in [2.05, 4.69) is 11.4 Å². The van der Waals surface area contributed by atoms with Crippen molar-refractivity contribution in [3.8, 4) is 10.4 Å². The molecule has 1 aromatic heterocycles. The minimum absolute atomic E-state index is 0.0790. The molecule has 4 rings (SSSR count). The van der Waals surface area contributed by atoms with Gasteiger partial charge in [-0.05, 0) is 61.9 Å². The van der Waals surface area contributed by atoms with Crippen LogP contribution in [0.5, 0.6) is 0 Å². The van der Waals surface area contributed by atoms with E-state index in [9.17, 15) is 13.2 Å². The molecule has 31 heavy (non-hydrogen) atoms. The summed E-state index contributed by atoms with van der Waals surface area (Å²) < 4.78 is 32.7. The van der Waals surface area contributed by atoms with Gasteiger partial charge in [0.25, 0.3) is 15.9 Å². The summed E-state index contributed by atoms with van der Waals surface area (Å²) in [6, 6.07) is 10.8. The fourth-order valence-electron chi connectivity index (χ4n) is 3.88. The van der Waals surface area contributed by atoms with Crippen LogP contribution in [0.1, 0.15) is 42.5 Å². The number of ether oxygens (including phenoxy) is 1. The van der Waals surface area contributed by atoms with Gasteiger partial charge in [0.15, 0.2) is 0 Å². The van der Waals surface area contributed by atoms with E-state index in [1.807, 2.05) is 18.2 Å². The van der Waals surface area contributed by atoms with Crippen molar-refractivity contribution in [3.05, 3.63) is 53.6 Å². The van der Waals surface area contributed by atoms with E-state index in [-0.39, 0.29) is 5.91 Å². The lowest BCUT2D eigenvalue weighted by molar-refractivity contribution is 0.0731. The van der Waals surface area contributed by atoms with Crippen LogP contribution in [0.15, 0.2) is 52.3 Å². The Hall–Kier alpha value is -2.00. The number of morpholine rings is 1. The third-order valence-corrected chi connectivity index (χ3v) is 9.19. The standard InChI is InChI=1S/C23H28N2O4S2/c26-23(24-13-12-18-4-2-1-3-5-18)20-8-6-19(7-9-20)21-10-11-22(30-21)31(27,28)25-14-16-29-17-15-25/h4,6-11H,1-3,5,12-17H2,(H,24,26). The molecule has 0 radical (unpaired) electrons. The Morgan fingerprint density at radius 1 is 1.06 bits per heavy atom. The first-order chi connectivity index (χ1) is 15.0. The van der Waals surface area contributed by atoms with Crippen LogP contribution in [-0.2, 0) is 14.8 Å². The van der Waals surface area contributed by atoms with E-state index < -0.39 is 10.0 Å². The predicted molar refractivity (Wildman–Crippen MR) is 123 cm³/mol. The van der Waals surface area contributed by atoms with E-state index in [4.69, 9.17) is 4.74 Å². The first-order valence-corrected chi connectivity index (χ1v) is 13.0. The molecule has 0 spiro atoms. The number of rotatable bonds is 7. The molecule has 1 amide bonds. The van der Waals surface area contributed by atoms with Gasteiger partial charge in [-0.15, -0.1) is 11.3 Å². The zero-order chi connectivity index (χ0) is 21.7. The maximum Gasteiger partial charge on any atom is 0.252 e. The quantitative estimate of drug-likeness (QED) is 0.633. The molecule has 1 saturated heterocycles. The summed E-state index contributed by atoms with van der Waals surface area (Å²) >= 11 is 1.25. The zero-order valence-electron chi connectivity index (χ0n) is 17.5. The van der Waals surface area contributed by atoms with Gasteiger partial charge in [-0.25, -0.2) is 8.42 Å². The number of amides is 1. The molecule has 1 aliphatic heterocycles. The lowest BCUT2D eigenvalue weighted by Crippen LogP contribution is -2.40. The fourth-order valence-corrected chi connectivity index (χ4v) is 6.76. The van der Waals surface area contributed by atoms with Crippen LogP contribution < -0.4 is 5.32 Å². The molecule has 0 bridgehead atoms. The van der Waals surface area contributed by atoms with Crippen molar-refractivity contribution in [2.75, 3.05) is 32.8 Å². The van der Waals surface area contributed by atoms with Crippen LogP contribution in [-0.4, -0.2) is 51.5 Å². The predicted octanol–water partition coefficient (Wildman–Crippen LogP) is 4.06. The SMILES string of the molecule is O=C(NCCC1=CCCCC1)c1ccc(-c2ccc(S(=O)(=O)N3CCOCC3)s2)cc1. The number of sulfonamides is 1. The molecule has 6 nitrogen and oxygen atoms in total. The van der Waals surface area contributed by atoms with Gasteiger partial charge in [0.2, 0.25) is 0 Å². The summed E-state index contributed by atoms with van der Waals surface area (Å²) in [7, 11) is -3.49. The van der Waals surface area contributed by atoms with Crippen molar-refractivity contribution in [1.29, 1.82) is 0 Å². The van der Waals surface area contributed by atoms with Crippen LogP contribution in [0, 0.1) is 0 Å². The summed E-state index contributed by atoms with van der Waals surface area (Å²) in [6.45, 7) is 2.28. The maximum atomic E-state index is 12.8. The first kappa shape index (κ1) is 22.2. The number of nitrogens with one attached hydrogen (secondary N) is 1. The highest BCUT2D eigenvalue weighted by Crippen LogP contribution is 2.32. The second kappa shape index (κ2) is 10.1. The molecule has 0 saturated carbocycles. The Morgan fingerprint density at radius 2 is 1.84 bits per heavy atom. The van der Waals surface area contributed by atoms with Crippen LogP contribution >= 0.6 is 11.3 Å². The smallest absolute Gasteiger partial charge is 0.252 e. The number of carbonyl (C=O) groups excluding carboxylic acids is 1. The van der Waals surface area contributed by atoms with Gasteiger partial charge < -0.3 is 10.1 Å². The number of benzene rings is 1. The molecule has 0 atom stereocenters. The van der Waals surface area contributed by atoms with Gasteiger partial charge in [-0.3, -0.25) is 4.79 Å². The van der Waals surface area contributed by atoms with Gasteiger partial charge in [-0.1, -0.05) is 23.8 Å². The normalized spacial score (nSPS) is 17.9. The number of allylic oxidation sites excluding steroid dienone is 1. The highest BCUT2D eigenvalue weighted by Gasteiger charge is 2.27. The number of hydrogen-bond acceptors (Lipinski definition) is 5. The Labute approximate surface area is 188 Å². The molecule has 2 aliphatic rings. The molecule has 1 N–H and O–H groups in total. The molecule has 1 aliphatic carbocycles. The average molecular weight is 461 g/mol. The molecule has 2 heterocycles. The minimum Gasteiger partial charge on any atom is -0.379 e. The fraction of sp³-hybridized carbons (Fsp3) is 0.435. The monoisotopic (exact) mass is 460 g/mol. The van der Waals surface area contributed by atoms with Crippen LogP contribution in [0.25, 0.3) is 10.4 Å². The zero-order valence-corrected chi connectivity index (χ0v) is 19.1. The molecular formula is C23H28N2O4S2. The van der Waals surface area contributed by atoms with Gasteiger partial charge >= 0.3 is 0 Å². The van der Waals surface area contributed by atoms with Crippen LogP contribution in [0.2, 0.25) is 0 Å². The summed E-state index contributed by atoms with van der Waals surface area (Å²) in [6.07, 6.45) is 8.04. The lowest BCUT2D eigenvalue weighted by Gasteiger charge is -2.25. The van der Waals surface area contributed by atoms with E-state index >= 15 is 0 Å². The third kappa shape index (κ3) is 5.44. The molecular weight excluding hydrogens is 432 g/mol. The van der Waals surface area contributed by atoms with Crippen molar-refractivity contribution in [2.45, 2.75) is 36.3 Å². The highest BCUT2D eigenvalue weighted by molar-refractivity contribution is 7.91. The van der Waals surface area contributed by atoms with E-state index in [1.165, 1.54) is 34.1 Å². The molecule has 166 valence electrons. The van der Waals surface area contributed by atoms with E-state index in [1.54, 1.807) is 18.2 Å². The van der Waals surface area contributed by atoms with Crippen molar-refractivity contribution in [1.82, 2.24) is 9.62 Å². The summed E-state index contributed by atoms with van der Waals surface area (Å²) in [4.78, 5) is 13.3. The number of nitrogens with zero attached hydrogens (tertiary/aromatic N) is 1. The number of hydrogen-bond donors (Lipinski definition) is 1. The number of thiophene rings is 1. The molecule has 1 aromatic carbocycles. The summed E-state index contributed by atoms with van der Waals surface area (Å²) in [5.41, 5.74) is 2.96. The molecule has 1 fully saturated rings. The van der Waals surface area contributed by atoms with Gasteiger partial charge in [-0.2, -0.15) is 4.31 Å². The van der Waals surface area contributed by atoms with Gasteiger partial charge in [0.05, 0.1) is 13.2 Å². The summed E-state index contributed by atoms with van der Waals surface area (Å²) in [5.74, 6) is -0.0790. The largest absolute Gasteiger partial charge is 0.379 e. The Balaban J connectivity index is 1.37.